The summed E-state index contributed by atoms with van der Waals surface area (Å²) in [7, 11) is 0. The Labute approximate surface area is 75.5 Å². The first-order chi connectivity index (χ1) is 5.85. The number of rotatable bonds is 4. The monoisotopic (exact) mass is 184 g/mol. The Kier molecular flexibility index (Phi) is 2.12. The lowest BCUT2D eigenvalue weighted by molar-refractivity contribution is 0.229. The Balaban J connectivity index is 1.83. The van der Waals surface area contributed by atoms with Crippen LogP contribution >= 0.6 is 11.3 Å². The first-order valence-electron chi connectivity index (χ1n) is 4.08. The van der Waals surface area contributed by atoms with E-state index in [9.17, 15) is 0 Å². The maximum absolute atomic E-state index is 9.00. The molecule has 1 aliphatic carbocycles. The molecule has 66 valence electrons. The van der Waals surface area contributed by atoms with Gasteiger partial charge in [-0.1, -0.05) is 0 Å². The molecule has 2 rings (SSSR count). The number of hydrogen-bond acceptors (Lipinski definition) is 4. The van der Waals surface area contributed by atoms with E-state index in [1.165, 1.54) is 0 Å². The van der Waals surface area contributed by atoms with Gasteiger partial charge in [0.1, 0.15) is 0 Å². The van der Waals surface area contributed by atoms with E-state index in [0.717, 1.165) is 25.1 Å². The van der Waals surface area contributed by atoms with Gasteiger partial charge in [0.15, 0.2) is 0 Å². The summed E-state index contributed by atoms with van der Waals surface area (Å²) in [5.41, 5.74) is 2.93. The highest BCUT2D eigenvalue weighted by Gasteiger charge is 2.41. The van der Waals surface area contributed by atoms with Crippen LogP contribution in [0.4, 0.5) is 0 Å². The molecule has 3 nitrogen and oxygen atoms in total. The maximum atomic E-state index is 9.00. The second-order valence-electron chi connectivity index (χ2n) is 3.27. The largest absolute Gasteiger partial charge is 0.394 e. The van der Waals surface area contributed by atoms with Crippen LogP contribution in [0.25, 0.3) is 0 Å². The third-order valence-electron chi connectivity index (χ3n) is 2.28. The molecular weight excluding hydrogens is 172 g/mol. The molecule has 1 aliphatic rings. The van der Waals surface area contributed by atoms with Crippen molar-refractivity contribution in [1.29, 1.82) is 0 Å². The number of aromatic nitrogens is 1. The van der Waals surface area contributed by atoms with Gasteiger partial charge in [0.05, 0.1) is 17.8 Å². The van der Waals surface area contributed by atoms with Crippen LogP contribution in [-0.2, 0) is 6.54 Å². The van der Waals surface area contributed by atoms with Crippen molar-refractivity contribution in [2.75, 3.05) is 6.61 Å². The summed E-state index contributed by atoms with van der Waals surface area (Å²) in [6, 6.07) is 0. The Morgan fingerprint density at radius 3 is 3.00 bits per heavy atom. The molecule has 0 unspecified atom stereocenters. The second-order valence-corrected chi connectivity index (χ2v) is 3.99. The molecule has 0 atom stereocenters. The van der Waals surface area contributed by atoms with E-state index in [2.05, 4.69) is 10.3 Å². The van der Waals surface area contributed by atoms with E-state index in [-0.39, 0.29) is 12.1 Å². The fourth-order valence-electron chi connectivity index (χ4n) is 1.14. The highest BCUT2D eigenvalue weighted by atomic mass is 32.1. The van der Waals surface area contributed by atoms with Crippen molar-refractivity contribution in [3.63, 3.8) is 0 Å². The van der Waals surface area contributed by atoms with Crippen LogP contribution in [0.2, 0.25) is 0 Å². The van der Waals surface area contributed by atoms with Crippen molar-refractivity contribution in [1.82, 2.24) is 10.3 Å². The summed E-state index contributed by atoms with van der Waals surface area (Å²) in [6.45, 7) is 1.03. The van der Waals surface area contributed by atoms with Crippen LogP contribution in [0.15, 0.2) is 10.9 Å². The topological polar surface area (TPSA) is 45.1 Å². The van der Waals surface area contributed by atoms with Crippen LogP contribution in [-0.4, -0.2) is 22.2 Å². The number of nitrogens with zero attached hydrogens (tertiary/aromatic N) is 1. The molecule has 1 heterocycles. The van der Waals surface area contributed by atoms with Gasteiger partial charge in [-0.3, -0.25) is 0 Å². The summed E-state index contributed by atoms with van der Waals surface area (Å²) < 4.78 is 0. The summed E-state index contributed by atoms with van der Waals surface area (Å²) in [5.74, 6) is 0. The fourth-order valence-corrected chi connectivity index (χ4v) is 1.70. The molecule has 0 saturated heterocycles. The molecule has 1 aromatic heterocycles. The van der Waals surface area contributed by atoms with E-state index in [4.69, 9.17) is 5.11 Å². The summed E-state index contributed by atoms with van der Waals surface area (Å²) >= 11 is 1.60. The zero-order chi connectivity index (χ0) is 8.44. The summed E-state index contributed by atoms with van der Waals surface area (Å²) in [4.78, 5) is 4.16. The normalized spacial score (nSPS) is 19.4. The van der Waals surface area contributed by atoms with Crippen molar-refractivity contribution in [2.24, 2.45) is 0 Å². The van der Waals surface area contributed by atoms with Gasteiger partial charge < -0.3 is 10.4 Å². The number of aliphatic hydroxyl groups is 1. The van der Waals surface area contributed by atoms with Crippen molar-refractivity contribution in [3.8, 4) is 0 Å². The molecule has 1 aromatic rings. The van der Waals surface area contributed by atoms with Crippen LogP contribution < -0.4 is 5.32 Å². The van der Waals surface area contributed by atoms with Gasteiger partial charge in [0, 0.05) is 17.5 Å². The van der Waals surface area contributed by atoms with Gasteiger partial charge in [-0.2, -0.15) is 0 Å². The lowest BCUT2D eigenvalue weighted by Crippen LogP contribution is -2.34. The smallest absolute Gasteiger partial charge is 0.0795 e. The quantitative estimate of drug-likeness (QED) is 0.726. The van der Waals surface area contributed by atoms with Gasteiger partial charge in [0.25, 0.3) is 0 Å². The lowest BCUT2D eigenvalue weighted by atomic mass is 10.3. The van der Waals surface area contributed by atoms with Crippen molar-refractivity contribution in [2.45, 2.75) is 24.9 Å². The molecular formula is C8H12N2OS. The highest BCUT2D eigenvalue weighted by Crippen LogP contribution is 2.34. The van der Waals surface area contributed by atoms with E-state index < -0.39 is 0 Å². The lowest BCUT2D eigenvalue weighted by Gasteiger charge is -2.12. The molecule has 0 aromatic carbocycles. The molecule has 1 saturated carbocycles. The average molecular weight is 184 g/mol. The predicted molar refractivity (Wildman–Crippen MR) is 48.0 cm³/mol. The van der Waals surface area contributed by atoms with Gasteiger partial charge in [-0.25, -0.2) is 4.98 Å². The zero-order valence-electron chi connectivity index (χ0n) is 6.79. The van der Waals surface area contributed by atoms with Crippen molar-refractivity contribution in [3.05, 3.63) is 16.6 Å². The molecule has 12 heavy (non-hydrogen) atoms. The van der Waals surface area contributed by atoms with Crippen molar-refractivity contribution < 1.29 is 5.11 Å². The third kappa shape index (κ3) is 1.65. The minimum atomic E-state index is 0.0314. The molecule has 0 aliphatic heterocycles. The van der Waals surface area contributed by atoms with Crippen LogP contribution in [0, 0.1) is 0 Å². The average Bonchev–Trinajstić information content (AvgIpc) is 2.70. The van der Waals surface area contributed by atoms with Crippen LogP contribution in [0.5, 0.6) is 0 Å². The van der Waals surface area contributed by atoms with E-state index in [1.807, 2.05) is 10.9 Å². The zero-order valence-corrected chi connectivity index (χ0v) is 7.60. The molecule has 0 bridgehead atoms. The van der Waals surface area contributed by atoms with E-state index >= 15 is 0 Å². The molecule has 0 radical (unpaired) electrons. The predicted octanol–water partition coefficient (Wildman–Crippen LogP) is 0.758. The fraction of sp³-hybridized carbons (Fsp3) is 0.625. The van der Waals surface area contributed by atoms with Gasteiger partial charge in [-0.05, 0) is 12.8 Å². The molecule has 1 fully saturated rings. The Hall–Kier alpha value is -0.450. The van der Waals surface area contributed by atoms with E-state index in [1.54, 1.807) is 11.3 Å². The summed E-state index contributed by atoms with van der Waals surface area (Å²) in [5, 5.41) is 14.3. The van der Waals surface area contributed by atoms with E-state index in [0.29, 0.717) is 0 Å². The molecule has 0 spiro atoms. The number of nitrogens with one attached hydrogen (secondary N) is 1. The first-order valence-corrected chi connectivity index (χ1v) is 5.02. The third-order valence-corrected chi connectivity index (χ3v) is 2.92. The van der Waals surface area contributed by atoms with Crippen LogP contribution in [0.3, 0.4) is 0 Å². The first kappa shape index (κ1) is 8.16. The summed E-state index contributed by atoms with van der Waals surface area (Å²) in [6.07, 6.45) is 2.18. The highest BCUT2D eigenvalue weighted by molar-refractivity contribution is 7.07. The van der Waals surface area contributed by atoms with Gasteiger partial charge >= 0.3 is 0 Å². The number of aliphatic hydroxyl groups excluding tert-OH is 1. The SMILES string of the molecule is OCC1(NCc2cscn2)CC1. The number of thiazole rings is 1. The minimum Gasteiger partial charge on any atom is -0.394 e. The standard InChI is InChI=1S/C8H12N2OS/c11-5-8(1-2-8)10-3-7-4-12-6-9-7/h4,6,10-11H,1-3,5H2. The minimum absolute atomic E-state index is 0.0314. The Morgan fingerprint density at radius 2 is 2.50 bits per heavy atom. The Bertz CT molecular complexity index is 244. The Morgan fingerprint density at radius 1 is 1.67 bits per heavy atom. The maximum Gasteiger partial charge on any atom is 0.0795 e. The van der Waals surface area contributed by atoms with Crippen LogP contribution in [0.1, 0.15) is 18.5 Å². The molecule has 2 N–H and O–H groups in total. The molecule has 4 heteroatoms. The number of hydrogen-bond donors (Lipinski definition) is 2. The van der Waals surface area contributed by atoms with Gasteiger partial charge in [0.2, 0.25) is 0 Å². The van der Waals surface area contributed by atoms with Gasteiger partial charge in [-0.15, -0.1) is 11.3 Å². The second kappa shape index (κ2) is 3.12. The van der Waals surface area contributed by atoms with Crippen molar-refractivity contribution >= 4 is 11.3 Å². The molecule has 0 amide bonds.